The highest BCUT2D eigenvalue weighted by Gasteiger charge is 2.37. The number of carbonyl (C=O) groups is 1. The molecule has 4 rings (SSSR count). The van der Waals surface area contributed by atoms with Crippen LogP contribution in [-0.2, 0) is 4.79 Å². The molecule has 2 aromatic heterocycles. The van der Waals surface area contributed by atoms with Gasteiger partial charge in [-0.05, 0) is 37.5 Å². The average molecular weight is 441 g/mol. The fourth-order valence-corrected chi connectivity index (χ4v) is 5.34. The topological polar surface area (TPSA) is 66.7 Å². The number of nitrogens with zero attached hydrogens (tertiary/aromatic N) is 3. The van der Waals surface area contributed by atoms with Gasteiger partial charge in [-0.1, -0.05) is 55.4 Å². The lowest BCUT2D eigenvalue weighted by molar-refractivity contribution is -0.124. The molecule has 1 N–H and O–H groups in total. The third-order valence-electron chi connectivity index (χ3n) is 5.46. The first-order chi connectivity index (χ1) is 14.5. The standard InChI is InChI=1S/C22H24N4O2S2/c1-3-11-23-19-16(20(27)25-13-14(2)9-10-18(25)24-19)12-17-21(28)26(22(29)30-17)15-7-5-4-6-8-15/h3,9-10,12-13,15,23H,1,4-8,11H2,2H3/b17-12-. The Morgan fingerprint density at radius 1 is 1.30 bits per heavy atom. The summed E-state index contributed by atoms with van der Waals surface area (Å²) in [5, 5.41) is 3.13. The molecule has 0 aromatic carbocycles. The van der Waals surface area contributed by atoms with Gasteiger partial charge in [-0.15, -0.1) is 6.58 Å². The van der Waals surface area contributed by atoms with Crippen molar-refractivity contribution in [3.05, 3.63) is 57.4 Å². The zero-order valence-corrected chi connectivity index (χ0v) is 18.5. The molecule has 1 aliphatic heterocycles. The molecule has 2 fully saturated rings. The predicted molar refractivity (Wildman–Crippen MR) is 127 cm³/mol. The van der Waals surface area contributed by atoms with Crippen LogP contribution in [0.2, 0.25) is 0 Å². The van der Waals surface area contributed by atoms with Gasteiger partial charge in [0, 0.05) is 18.8 Å². The Morgan fingerprint density at radius 2 is 2.07 bits per heavy atom. The lowest BCUT2D eigenvalue weighted by Gasteiger charge is -2.29. The van der Waals surface area contributed by atoms with Crippen LogP contribution in [0.3, 0.4) is 0 Å². The number of anilines is 1. The monoisotopic (exact) mass is 440 g/mol. The van der Waals surface area contributed by atoms with E-state index in [2.05, 4.69) is 16.9 Å². The van der Waals surface area contributed by atoms with E-state index in [1.165, 1.54) is 22.6 Å². The van der Waals surface area contributed by atoms with Crippen LogP contribution >= 0.6 is 24.0 Å². The van der Waals surface area contributed by atoms with E-state index in [0.29, 0.717) is 32.8 Å². The number of rotatable bonds is 5. The molecule has 0 bridgehead atoms. The molecule has 3 heterocycles. The molecule has 0 unspecified atom stereocenters. The number of aryl methyl sites for hydroxylation is 1. The molecule has 2 aromatic rings. The lowest BCUT2D eigenvalue weighted by atomic mass is 9.94. The predicted octanol–water partition coefficient (Wildman–Crippen LogP) is 4.13. The number of thiocarbonyl (C=S) groups is 1. The second-order valence-electron chi connectivity index (χ2n) is 7.63. The zero-order chi connectivity index (χ0) is 21.3. The van der Waals surface area contributed by atoms with Crippen LogP contribution in [0.4, 0.5) is 5.82 Å². The minimum Gasteiger partial charge on any atom is -0.366 e. The van der Waals surface area contributed by atoms with E-state index in [1.807, 2.05) is 19.1 Å². The maximum Gasteiger partial charge on any atom is 0.267 e. The van der Waals surface area contributed by atoms with E-state index in [1.54, 1.807) is 23.2 Å². The second-order valence-corrected chi connectivity index (χ2v) is 9.30. The summed E-state index contributed by atoms with van der Waals surface area (Å²) in [6.45, 7) is 6.10. The molecule has 0 atom stereocenters. The summed E-state index contributed by atoms with van der Waals surface area (Å²) in [5.74, 6) is 0.326. The summed E-state index contributed by atoms with van der Waals surface area (Å²) in [5.41, 5.74) is 1.62. The van der Waals surface area contributed by atoms with Gasteiger partial charge in [0.1, 0.15) is 15.8 Å². The molecule has 0 radical (unpaired) electrons. The highest BCUT2D eigenvalue weighted by atomic mass is 32.2. The molecule has 1 aliphatic carbocycles. The molecule has 156 valence electrons. The van der Waals surface area contributed by atoms with E-state index in [0.717, 1.165) is 31.2 Å². The van der Waals surface area contributed by atoms with Crippen molar-refractivity contribution in [1.29, 1.82) is 0 Å². The molecule has 30 heavy (non-hydrogen) atoms. The Hall–Kier alpha value is -2.45. The quantitative estimate of drug-likeness (QED) is 0.428. The van der Waals surface area contributed by atoms with E-state index < -0.39 is 0 Å². The summed E-state index contributed by atoms with van der Waals surface area (Å²) in [4.78, 5) is 33.2. The highest BCUT2D eigenvalue weighted by Crippen LogP contribution is 2.37. The van der Waals surface area contributed by atoms with Crippen LogP contribution in [0.15, 0.2) is 40.7 Å². The van der Waals surface area contributed by atoms with Crippen LogP contribution < -0.4 is 10.9 Å². The van der Waals surface area contributed by atoms with Gasteiger partial charge >= 0.3 is 0 Å². The van der Waals surface area contributed by atoms with Crippen LogP contribution in [0.5, 0.6) is 0 Å². The maximum atomic E-state index is 13.3. The number of aromatic nitrogens is 2. The first-order valence-corrected chi connectivity index (χ1v) is 11.4. The van der Waals surface area contributed by atoms with Crippen LogP contribution in [0, 0.1) is 6.92 Å². The first-order valence-electron chi connectivity index (χ1n) is 10.1. The second kappa shape index (κ2) is 8.73. The Kier molecular flexibility index (Phi) is 6.06. The Bertz CT molecular complexity index is 1120. The molecule has 0 spiro atoms. The van der Waals surface area contributed by atoms with Crippen molar-refractivity contribution < 1.29 is 4.79 Å². The fourth-order valence-electron chi connectivity index (χ4n) is 3.96. The van der Waals surface area contributed by atoms with Crippen LogP contribution in [0.25, 0.3) is 11.7 Å². The van der Waals surface area contributed by atoms with Crippen molar-refractivity contribution in [2.75, 3.05) is 11.9 Å². The number of hydrogen-bond donors (Lipinski definition) is 1. The van der Waals surface area contributed by atoms with Crippen molar-refractivity contribution in [3.8, 4) is 0 Å². The molecular formula is C22H24N4O2S2. The molecular weight excluding hydrogens is 416 g/mol. The zero-order valence-electron chi connectivity index (χ0n) is 16.9. The third kappa shape index (κ3) is 3.94. The highest BCUT2D eigenvalue weighted by molar-refractivity contribution is 8.26. The first kappa shape index (κ1) is 20.8. The number of amides is 1. The number of pyridine rings is 1. The van der Waals surface area contributed by atoms with Crippen LogP contribution in [0.1, 0.15) is 43.2 Å². The molecule has 6 nitrogen and oxygen atoms in total. The van der Waals surface area contributed by atoms with Gasteiger partial charge in [-0.25, -0.2) is 4.98 Å². The Labute approximate surface area is 185 Å². The number of fused-ring (bicyclic) bond motifs is 1. The molecule has 1 saturated heterocycles. The summed E-state index contributed by atoms with van der Waals surface area (Å²) < 4.78 is 2.09. The smallest absolute Gasteiger partial charge is 0.267 e. The van der Waals surface area contributed by atoms with Crippen LogP contribution in [-0.4, -0.2) is 37.1 Å². The minimum atomic E-state index is -0.224. The summed E-state index contributed by atoms with van der Waals surface area (Å²) in [6.07, 6.45) is 10.5. The fraction of sp³-hybridized carbons (Fsp3) is 0.364. The summed E-state index contributed by atoms with van der Waals surface area (Å²) in [6, 6.07) is 3.88. The lowest BCUT2D eigenvalue weighted by Crippen LogP contribution is -2.39. The maximum absolute atomic E-state index is 13.3. The third-order valence-corrected chi connectivity index (χ3v) is 6.79. The SMILES string of the molecule is C=CCNc1nc2ccc(C)cn2c(=O)c1/C=C1\SC(=S)N(C2CCCCC2)C1=O. The van der Waals surface area contributed by atoms with Crippen molar-refractivity contribution in [2.24, 2.45) is 0 Å². The normalized spacial score (nSPS) is 19.1. The van der Waals surface area contributed by atoms with E-state index >= 15 is 0 Å². The number of thioether (sulfide) groups is 1. The molecule has 1 saturated carbocycles. The van der Waals surface area contributed by atoms with E-state index in [9.17, 15) is 9.59 Å². The number of carbonyl (C=O) groups excluding carboxylic acids is 1. The van der Waals surface area contributed by atoms with Gasteiger partial charge in [0.05, 0.1) is 10.5 Å². The van der Waals surface area contributed by atoms with Gasteiger partial charge in [-0.2, -0.15) is 0 Å². The van der Waals surface area contributed by atoms with Gasteiger partial charge in [0.15, 0.2) is 0 Å². The number of nitrogens with one attached hydrogen (secondary N) is 1. The largest absolute Gasteiger partial charge is 0.366 e. The summed E-state index contributed by atoms with van der Waals surface area (Å²) >= 11 is 6.79. The van der Waals surface area contributed by atoms with E-state index in [-0.39, 0.29) is 17.5 Å². The molecule has 8 heteroatoms. The molecule has 1 amide bonds. The van der Waals surface area contributed by atoms with Crippen molar-refractivity contribution in [3.63, 3.8) is 0 Å². The van der Waals surface area contributed by atoms with Gasteiger partial charge in [0.25, 0.3) is 11.5 Å². The minimum absolute atomic E-state index is 0.111. The van der Waals surface area contributed by atoms with Crippen molar-refractivity contribution >= 4 is 51.7 Å². The Balaban J connectivity index is 1.78. The number of hydrogen-bond acceptors (Lipinski definition) is 6. The van der Waals surface area contributed by atoms with Gasteiger partial charge < -0.3 is 5.32 Å². The van der Waals surface area contributed by atoms with Gasteiger partial charge in [-0.3, -0.25) is 18.9 Å². The molecule has 2 aliphatic rings. The van der Waals surface area contributed by atoms with Crippen molar-refractivity contribution in [2.45, 2.75) is 45.1 Å². The van der Waals surface area contributed by atoms with Crippen molar-refractivity contribution in [1.82, 2.24) is 14.3 Å². The summed E-state index contributed by atoms with van der Waals surface area (Å²) in [7, 11) is 0. The Morgan fingerprint density at radius 3 is 2.80 bits per heavy atom. The van der Waals surface area contributed by atoms with E-state index in [4.69, 9.17) is 12.2 Å². The average Bonchev–Trinajstić information content (AvgIpc) is 3.03. The van der Waals surface area contributed by atoms with Gasteiger partial charge in [0.2, 0.25) is 0 Å².